The van der Waals surface area contributed by atoms with E-state index >= 15 is 0 Å². The Bertz CT molecular complexity index is 587. The van der Waals surface area contributed by atoms with Gasteiger partial charge in [0, 0.05) is 13.5 Å². The number of hydrogen-bond donors (Lipinski definition) is 2. The third-order valence-electron chi connectivity index (χ3n) is 3.86. The minimum absolute atomic E-state index is 0.0556. The van der Waals surface area contributed by atoms with Gasteiger partial charge in [-0.15, -0.1) is 0 Å². The van der Waals surface area contributed by atoms with Gasteiger partial charge < -0.3 is 20.0 Å². The highest BCUT2D eigenvalue weighted by Crippen LogP contribution is 2.37. The Balaban J connectivity index is 1.76. The van der Waals surface area contributed by atoms with Gasteiger partial charge in [0.05, 0.1) is 17.8 Å². The first-order valence-electron chi connectivity index (χ1n) is 6.81. The van der Waals surface area contributed by atoms with Crippen LogP contribution in [0.3, 0.4) is 0 Å². The Morgan fingerprint density at radius 3 is 3.00 bits per heavy atom. The highest BCUT2D eigenvalue weighted by atomic mass is 16.5. The molecule has 0 radical (unpaired) electrons. The first-order valence-corrected chi connectivity index (χ1v) is 6.81. The van der Waals surface area contributed by atoms with Gasteiger partial charge in [-0.1, -0.05) is 5.16 Å². The van der Waals surface area contributed by atoms with Gasteiger partial charge in [-0.05, 0) is 26.2 Å². The number of imidazole rings is 1. The smallest absolute Gasteiger partial charge is 0.275 e. The first-order chi connectivity index (χ1) is 9.60. The molecule has 1 saturated carbocycles. The standard InChI is InChI=1S/C13H19N5O2/c1-8(19-2)6-10-17-11(20-18-10)9-7-15-12(16-9)13(14)4-3-5-13/h7-8H,3-6,14H2,1-2H3,(H,15,16). The molecule has 1 fully saturated rings. The third kappa shape index (κ3) is 2.34. The summed E-state index contributed by atoms with van der Waals surface area (Å²) in [5, 5.41) is 3.94. The van der Waals surface area contributed by atoms with E-state index in [0.717, 1.165) is 25.1 Å². The van der Waals surface area contributed by atoms with Crippen molar-refractivity contribution in [2.24, 2.45) is 5.73 Å². The van der Waals surface area contributed by atoms with Crippen molar-refractivity contribution in [2.45, 2.75) is 44.2 Å². The minimum Gasteiger partial charge on any atom is -0.381 e. The third-order valence-corrected chi connectivity index (χ3v) is 3.86. The summed E-state index contributed by atoms with van der Waals surface area (Å²) in [7, 11) is 1.66. The molecule has 1 atom stereocenters. The number of hydrogen-bond acceptors (Lipinski definition) is 6. The second-order valence-corrected chi connectivity index (χ2v) is 5.42. The molecule has 0 saturated heterocycles. The van der Waals surface area contributed by atoms with E-state index in [4.69, 9.17) is 15.0 Å². The van der Waals surface area contributed by atoms with E-state index < -0.39 is 0 Å². The molecule has 7 nitrogen and oxygen atoms in total. The van der Waals surface area contributed by atoms with E-state index in [1.54, 1.807) is 13.3 Å². The summed E-state index contributed by atoms with van der Waals surface area (Å²) in [6.45, 7) is 1.96. The quantitative estimate of drug-likeness (QED) is 0.855. The number of rotatable bonds is 5. The molecule has 1 unspecified atom stereocenters. The van der Waals surface area contributed by atoms with Crippen molar-refractivity contribution in [1.82, 2.24) is 20.1 Å². The van der Waals surface area contributed by atoms with Gasteiger partial charge in [0.25, 0.3) is 5.89 Å². The molecular formula is C13H19N5O2. The highest BCUT2D eigenvalue weighted by molar-refractivity contribution is 5.45. The SMILES string of the molecule is COC(C)Cc1noc(-c2cnc(C3(N)CCC3)[nH]2)n1. The van der Waals surface area contributed by atoms with E-state index in [2.05, 4.69) is 20.1 Å². The zero-order chi connectivity index (χ0) is 14.2. The maximum Gasteiger partial charge on any atom is 0.275 e. The number of nitrogens with one attached hydrogen (secondary N) is 1. The molecule has 3 N–H and O–H groups in total. The average molecular weight is 277 g/mol. The zero-order valence-electron chi connectivity index (χ0n) is 11.7. The van der Waals surface area contributed by atoms with Crippen LogP contribution in [-0.2, 0) is 16.7 Å². The van der Waals surface area contributed by atoms with Crippen LogP contribution in [0.15, 0.2) is 10.7 Å². The Hall–Kier alpha value is -1.73. The lowest BCUT2D eigenvalue weighted by Gasteiger charge is -2.35. The van der Waals surface area contributed by atoms with Gasteiger partial charge in [0.2, 0.25) is 0 Å². The Labute approximate surface area is 116 Å². The van der Waals surface area contributed by atoms with Crippen LogP contribution in [0.5, 0.6) is 0 Å². The van der Waals surface area contributed by atoms with Crippen molar-refractivity contribution in [3.63, 3.8) is 0 Å². The van der Waals surface area contributed by atoms with Crippen molar-refractivity contribution in [1.29, 1.82) is 0 Å². The number of methoxy groups -OCH3 is 1. The summed E-state index contributed by atoms with van der Waals surface area (Å²) in [6, 6.07) is 0. The summed E-state index contributed by atoms with van der Waals surface area (Å²) < 4.78 is 10.4. The molecule has 0 aromatic carbocycles. The maximum absolute atomic E-state index is 6.23. The summed E-state index contributed by atoms with van der Waals surface area (Å²) in [5.74, 6) is 1.85. The van der Waals surface area contributed by atoms with Crippen LogP contribution < -0.4 is 5.73 Å². The molecule has 1 aliphatic rings. The topological polar surface area (TPSA) is 103 Å². The molecule has 0 aliphatic heterocycles. The molecule has 1 aliphatic carbocycles. The largest absolute Gasteiger partial charge is 0.381 e. The predicted molar refractivity (Wildman–Crippen MR) is 71.8 cm³/mol. The second-order valence-electron chi connectivity index (χ2n) is 5.42. The monoisotopic (exact) mass is 277 g/mol. The molecule has 7 heteroatoms. The number of H-pyrrole nitrogens is 1. The molecule has 0 bridgehead atoms. The van der Waals surface area contributed by atoms with Crippen molar-refractivity contribution in [2.75, 3.05) is 7.11 Å². The van der Waals surface area contributed by atoms with Gasteiger partial charge in [0.1, 0.15) is 11.5 Å². The van der Waals surface area contributed by atoms with E-state index in [1.165, 1.54) is 0 Å². The van der Waals surface area contributed by atoms with Gasteiger partial charge in [0.15, 0.2) is 5.82 Å². The van der Waals surface area contributed by atoms with Crippen molar-refractivity contribution in [3.8, 4) is 11.6 Å². The first kappa shape index (κ1) is 13.3. The molecule has 20 heavy (non-hydrogen) atoms. The fraction of sp³-hybridized carbons (Fsp3) is 0.615. The summed E-state index contributed by atoms with van der Waals surface area (Å²) in [6.07, 6.45) is 5.42. The van der Waals surface area contributed by atoms with Crippen LogP contribution in [0.1, 0.15) is 37.8 Å². The Morgan fingerprint density at radius 2 is 2.35 bits per heavy atom. The Kier molecular flexibility index (Phi) is 3.31. The molecule has 2 heterocycles. The Morgan fingerprint density at radius 1 is 1.55 bits per heavy atom. The van der Waals surface area contributed by atoms with Crippen LogP contribution in [0.2, 0.25) is 0 Å². The number of nitrogens with two attached hydrogens (primary N) is 1. The average Bonchev–Trinajstić information content (AvgIpc) is 3.04. The van der Waals surface area contributed by atoms with Crippen LogP contribution >= 0.6 is 0 Å². The maximum atomic E-state index is 6.23. The molecule has 0 spiro atoms. The lowest BCUT2D eigenvalue weighted by atomic mass is 9.77. The normalized spacial score (nSPS) is 18.8. The molecule has 2 aromatic rings. The number of nitrogens with zero attached hydrogens (tertiary/aromatic N) is 3. The van der Waals surface area contributed by atoms with Crippen molar-refractivity contribution >= 4 is 0 Å². The zero-order valence-corrected chi connectivity index (χ0v) is 11.7. The molecular weight excluding hydrogens is 258 g/mol. The number of aromatic nitrogens is 4. The molecule has 108 valence electrons. The minimum atomic E-state index is -0.314. The van der Waals surface area contributed by atoms with E-state index in [-0.39, 0.29) is 11.6 Å². The summed E-state index contributed by atoms with van der Waals surface area (Å²) in [4.78, 5) is 11.9. The fourth-order valence-corrected chi connectivity index (χ4v) is 2.26. The van der Waals surface area contributed by atoms with Crippen molar-refractivity contribution in [3.05, 3.63) is 17.8 Å². The van der Waals surface area contributed by atoms with Gasteiger partial charge in [-0.25, -0.2) is 4.98 Å². The van der Waals surface area contributed by atoms with Crippen LogP contribution in [-0.4, -0.2) is 33.3 Å². The number of ether oxygens (including phenoxy) is 1. The van der Waals surface area contributed by atoms with E-state index in [0.29, 0.717) is 23.8 Å². The lowest BCUT2D eigenvalue weighted by molar-refractivity contribution is 0.116. The van der Waals surface area contributed by atoms with Gasteiger partial charge >= 0.3 is 0 Å². The second kappa shape index (κ2) is 4.99. The van der Waals surface area contributed by atoms with Crippen LogP contribution in [0.25, 0.3) is 11.6 Å². The van der Waals surface area contributed by atoms with E-state index in [1.807, 2.05) is 6.92 Å². The predicted octanol–water partition coefficient (Wildman–Crippen LogP) is 1.37. The van der Waals surface area contributed by atoms with Gasteiger partial charge in [-0.2, -0.15) is 4.98 Å². The fourth-order valence-electron chi connectivity index (χ4n) is 2.26. The highest BCUT2D eigenvalue weighted by Gasteiger charge is 2.37. The van der Waals surface area contributed by atoms with Crippen molar-refractivity contribution < 1.29 is 9.26 Å². The van der Waals surface area contributed by atoms with E-state index in [9.17, 15) is 0 Å². The van der Waals surface area contributed by atoms with Crippen LogP contribution in [0.4, 0.5) is 0 Å². The van der Waals surface area contributed by atoms with Gasteiger partial charge in [-0.3, -0.25) is 0 Å². The molecule has 2 aromatic heterocycles. The lowest BCUT2D eigenvalue weighted by Crippen LogP contribution is -2.44. The summed E-state index contributed by atoms with van der Waals surface area (Å²) in [5.41, 5.74) is 6.62. The molecule has 3 rings (SSSR count). The molecule has 0 amide bonds. The number of aromatic amines is 1. The van der Waals surface area contributed by atoms with Crippen LogP contribution in [0, 0.1) is 0 Å². The summed E-state index contributed by atoms with van der Waals surface area (Å²) >= 11 is 0.